The summed E-state index contributed by atoms with van der Waals surface area (Å²) in [5.41, 5.74) is -0.333. The van der Waals surface area contributed by atoms with E-state index >= 15 is 0 Å². The van der Waals surface area contributed by atoms with Crippen molar-refractivity contribution in [2.75, 3.05) is 11.5 Å². The van der Waals surface area contributed by atoms with Crippen molar-refractivity contribution in [2.45, 2.75) is 88.6 Å². The predicted molar refractivity (Wildman–Crippen MR) is 120 cm³/mol. The summed E-state index contributed by atoms with van der Waals surface area (Å²) >= 11 is 4.56. The topological polar surface area (TPSA) is 8.72 Å². The largest absolute Gasteiger partial charge is 0.311 e. The van der Waals surface area contributed by atoms with Crippen LogP contribution in [-0.2, 0) is 20.4 Å². The van der Waals surface area contributed by atoms with Gasteiger partial charge in [0.2, 0.25) is 11.1 Å². The fourth-order valence-electron chi connectivity index (χ4n) is 1.61. The molecule has 0 aliphatic carbocycles. The molecule has 0 spiro atoms. The first-order chi connectivity index (χ1) is 10.7. The average molecular weight is 507 g/mol. The van der Waals surface area contributed by atoms with E-state index in [-0.39, 0.29) is 49.1 Å². The Balaban J connectivity index is -0.000000319. The van der Waals surface area contributed by atoms with Crippen LogP contribution in [0.2, 0.25) is 26.2 Å². The summed E-state index contributed by atoms with van der Waals surface area (Å²) in [6.07, 6.45) is 1.43. The molecule has 1 aliphatic rings. The fraction of sp³-hybridized carbons (Fsp3) is 0.889. The van der Waals surface area contributed by atoms with Crippen molar-refractivity contribution in [2.24, 2.45) is 0 Å². The maximum absolute atomic E-state index is 6.48. The zero-order valence-corrected chi connectivity index (χ0v) is 22.8. The van der Waals surface area contributed by atoms with Crippen LogP contribution in [0.4, 0.5) is 0 Å². The summed E-state index contributed by atoms with van der Waals surface area (Å²) in [6.45, 7) is 34.3. The number of hydrogen-bond acceptors (Lipinski definition) is 2. The van der Waals surface area contributed by atoms with Crippen LogP contribution in [0.15, 0.2) is 0 Å². The van der Waals surface area contributed by atoms with Crippen molar-refractivity contribution < 1.29 is 20.4 Å². The van der Waals surface area contributed by atoms with Crippen molar-refractivity contribution in [1.82, 2.24) is 0 Å². The van der Waals surface area contributed by atoms with E-state index in [4.69, 9.17) is 13.1 Å². The first kappa shape index (κ1) is 30.5. The molecule has 7 heteroatoms. The van der Waals surface area contributed by atoms with E-state index < -0.39 is 0 Å². The predicted octanol–water partition coefficient (Wildman–Crippen LogP) is 6.55. The molecule has 0 aromatic rings. The van der Waals surface area contributed by atoms with Gasteiger partial charge in [-0.05, 0) is 17.9 Å². The molecule has 0 bridgehead atoms. The fourth-order valence-corrected chi connectivity index (χ4v) is 13.6. The molecule has 0 atom stereocenters. The minimum Gasteiger partial charge on any atom is -0.311 e. The Morgan fingerprint density at radius 1 is 0.760 bits per heavy atom. The Labute approximate surface area is 183 Å². The molecular formula is C18H36N2PdS2Si2. The normalized spacial score (nSPS) is 16.2. The molecule has 148 valence electrons. The maximum atomic E-state index is 6.48. The Morgan fingerprint density at radius 3 is 1.12 bits per heavy atom. The van der Waals surface area contributed by atoms with Gasteiger partial charge in [-0.15, -0.1) is 0 Å². The summed E-state index contributed by atoms with van der Waals surface area (Å²) in [7, 11) is -0.246. The molecule has 0 N–H and O–H groups in total. The average Bonchev–Trinajstić information content (AvgIpc) is 2.47. The van der Waals surface area contributed by atoms with Crippen molar-refractivity contribution >= 4 is 41.1 Å². The van der Waals surface area contributed by atoms with Crippen molar-refractivity contribution in [1.29, 1.82) is 0 Å². The van der Waals surface area contributed by atoms with E-state index in [0.717, 1.165) is 0 Å². The number of rotatable bonds is 2. The SMILES string of the molecule is C[Si](C)C1([Si](C)C)SCCCS1.[C-]#[N+]C(C)(C)C.[C-]#[N+]C(C)(C)C.[Pd]. The monoisotopic (exact) mass is 506 g/mol. The van der Waals surface area contributed by atoms with Gasteiger partial charge in [0.05, 0.1) is 17.6 Å². The molecule has 1 fully saturated rings. The smallest absolute Gasteiger partial charge is 0.224 e. The second-order valence-corrected chi connectivity index (χ2v) is 18.6. The molecule has 0 amide bonds. The van der Waals surface area contributed by atoms with Crippen LogP contribution in [0.5, 0.6) is 0 Å². The second-order valence-electron chi connectivity index (χ2n) is 8.23. The summed E-state index contributed by atoms with van der Waals surface area (Å²) in [4.78, 5) is 6.54. The van der Waals surface area contributed by atoms with Gasteiger partial charge in [0.25, 0.3) is 0 Å². The Hall–Kier alpha value is 0.776. The molecule has 0 saturated carbocycles. The second kappa shape index (κ2) is 13.9. The molecular weight excluding hydrogens is 471 g/mol. The summed E-state index contributed by atoms with van der Waals surface area (Å²) in [6, 6.07) is 0. The van der Waals surface area contributed by atoms with E-state index in [1.165, 1.54) is 17.9 Å². The maximum Gasteiger partial charge on any atom is 0.224 e. The minimum atomic E-state index is -0.167. The van der Waals surface area contributed by atoms with Gasteiger partial charge < -0.3 is 9.69 Å². The summed E-state index contributed by atoms with van der Waals surface area (Å²) in [5.74, 6) is 2.83. The van der Waals surface area contributed by atoms with Gasteiger partial charge in [-0.1, -0.05) is 26.2 Å². The van der Waals surface area contributed by atoms with E-state index in [0.29, 0.717) is 3.33 Å². The molecule has 1 heterocycles. The molecule has 1 aliphatic heterocycles. The van der Waals surface area contributed by atoms with E-state index in [9.17, 15) is 0 Å². The van der Waals surface area contributed by atoms with Gasteiger partial charge >= 0.3 is 0 Å². The first-order valence-electron chi connectivity index (χ1n) is 8.38. The van der Waals surface area contributed by atoms with Gasteiger partial charge in [-0.25, -0.2) is 13.1 Å². The number of nitrogens with zero attached hydrogens (tertiary/aromatic N) is 2. The third-order valence-corrected chi connectivity index (χ3v) is 17.7. The Bertz CT molecular complexity index is 390. The van der Waals surface area contributed by atoms with Crippen LogP contribution in [0.25, 0.3) is 9.69 Å². The van der Waals surface area contributed by atoms with Gasteiger partial charge in [-0.2, -0.15) is 23.5 Å². The minimum absolute atomic E-state index is 0. The van der Waals surface area contributed by atoms with Crippen LogP contribution in [-0.4, -0.2) is 43.5 Å². The van der Waals surface area contributed by atoms with Gasteiger partial charge in [0.15, 0.2) is 0 Å². The van der Waals surface area contributed by atoms with Crippen LogP contribution < -0.4 is 0 Å². The molecule has 0 unspecified atom stereocenters. The van der Waals surface area contributed by atoms with Gasteiger partial charge in [0, 0.05) is 65.3 Å². The van der Waals surface area contributed by atoms with Crippen molar-refractivity contribution in [3.8, 4) is 0 Å². The van der Waals surface area contributed by atoms with Gasteiger partial charge in [0.1, 0.15) is 0 Å². The first-order valence-corrected chi connectivity index (χ1v) is 15.4. The van der Waals surface area contributed by atoms with Crippen LogP contribution in [0.1, 0.15) is 48.0 Å². The molecule has 25 heavy (non-hydrogen) atoms. The molecule has 2 nitrogen and oxygen atoms in total. The zero-order valence-electron chi connectivity index (χ0n) is 17.6. The van der Waals surface area contributed by atoms with Gasteiger partial charge in [-0.3, -0.25) is 0 Å². The quantitative estimate of drug-likeness (QED) is 0.310. The number of hydrogen-bond donors (Lipinski definition) is 0. The third-order valence-electron chi connectivity index (χ3n) is 2.89. The Morgan fingerprint density at radius 2 is 1.00 bits per heavy atom. The standard InChI is InChI=1S/C8H18S2Si2.2C5H9N.Pd/c1-11(2)8(12(3)4)9-6-5-7-10-8;2*1-5(2,3)6-4;/h5-7H2,1-4H3;2*1-3H3;. The molecule has 0 aromatic heterocycles. The summed E-state index contributed by atoms with van der Waals surface area (Å²) < 4.78 is 0.716. The molecule has 0 aromatic carbocycles. The molecule has 1 rings (SSSR count). The van der Waals surface area contributed by atoms with Crippen molar-refractivity contribution in [3.05, 3.63) is 22.8 Å². The van der Waals surface area contributed by atoms with E-state index in [1.54, 1.807) is 0 Å². The van der Waals surface area contributed by atoms with Crippen LogP contribution >= 0.6 is 23.5 Å². The molecule has 2 radical (unpaired) electrons. The van der Waals surface area contributed by atoms with Crippen LogP contribution in [0, 0.1) is 13.1 Å². The number of thioether (sulfide) groups is 2. The third kappa shape index (κ3) is 15.5. The van der Waals surface area contributed by atoms with E-state index in [2.05, 4.69) is 59.4 Å². The van der Waals surface area contributed by atoms with E-state index in [1.807, 2.05) is 41.5 Å². The Kier molecular flexibility index (Phi) is 16.9. The van der Waals surface area contributed by atoms with Crippen LogP contribution in [0.3, 0.4) is 0 Å². The zero-order chi connectivity index (χ0) is 19.6. The molecule has 1 saturated heterocycles. The van der Waals surface area contributed by atoms with Crippen molar-refractivity contribution in [3.63, 3.8) is 0 Å². The summed E-state index contributed by atoms with van der Waals surface area (Å²) in [5, 5.41) is 0.